The first-order chi connectivity index (χ1) is 18.2. The predicted octanol–water partition coefficient (Wildman–Crippen LogP) is -0.964. The molecule has 0 spiro atoms. The van der Waals surface area contributed by atoms with E-state index < -0.39 is 33.5 Å². The Morgan fingerprint density at radius 2 is 1.63 bits per heavy atom. The number of benzene rings is 1. The van der Waals surface area contributed by atoms with Crippen LogP contribution in [0.5, 0.6) is 0 Å². The maximum absolute atomic E-state index is 13.4. The van der Waals surface area contributed by atoms with Crippen molar-refractivity contribution in [3.63, 3.8) is 0 Å². The van der Waals surface area contributed by atoms with Gasteiger partial charge in [0.25, 0.3) is 0 Å². The summed E-state index contributed by atoms with van der Waals surface area (Å²) in [5.41, 5.74) is 5.64. The predicted molar refractivity (Wildman–Crippen MR) is 156 cm³/mol. The number of hydrogen-bond donors (Lipinski definition) is 3. The molecular weight excluding hydrogens is 555 g/mol. The van der Waals surface area contributed by atoms with Gasteiger partial charge in [-0.1, -0.05) is 32.9 Å². The van der Waals surface area contributed by atoms with Crippen LogP contribution in [-0.4, -0.2) is 106 Å². The summed E-state index contributed by atoms with van der Waals surface area (Å²) in [6.45, 7) is 8.32. The summed E-state index contributed by atoms with van der Waals surface area (Å²) in [5.74, 6) is -1.14. The van der Waals surface area contributed by atoms with Crippen LogP contribution in [0.15, 0.2) is 29.2 Å². The Bertz CT molecular complexity index is 1080. The van der Waals surface area contributed by atoms with Crippen LogP contribution in [0.25, 0.3) is 0 Å². The van der Waals surface area contributed by atoms with Crippen molar-refractivity contribution in [3.05, 3.63) is 29.8 Å². The van der Waals surface area contributed by atoms with Gasteiger partial charge in [0, 0.05) is 24.3 Å². The number of nitrogens with zero attached hydrogens (tertiary/aromatic N) is 2. The number of carbonyl (C=O) groups excluding carboxylic acids is 2. The van der Waals surface area contributed by atoms with Crippen molar-refractivity contribution in [2.45, 2.75) is 69.8 Å². The zero-order chi connectivity index (χ0) is 30.9. The zero-order valence-corrected chi connectivity index (χ0v) is 29.6. The number of aliphatic hydroxyl groups is 1. The molecule has 2 amide bonds. The third-order valence-electron chi connectivity index (χ3n) is 7.82. The molecule has 0 saturated heterocycles. The first-order valence-electron chi connectivity index (χ1n) is 14.2. The summed E-state index contributed by atoms with van der Waals surface area (Å²) in [7, 11) is 5.73. The molecular formula is C29H53N4NaO6S+2. The van der Waals surface area contributed by atoms with E-state index in [4.69, 9.17) is 5.73 Å². The summed E-state index contributed by atoms with van der Waals surface area (Å²) in [5, 5.41) is 13.6. The van der Waals surface area contributed by atoms with Crippen LogP contribution in [-0.2, 0) is 19.7 Å². The quantitative estimate of drug-likeness (QED) is 0.0846. The van der Waals surface area contributed by atoms with Crippen LogP contribution >= 0.6 is 0 Å². The number of nitrogens with two attached hydrogens (primary N) is 1. The van der Waals surface area contributed by atoms with Crippen molar-refractivity contribution in [2.75, 3.05) is 61.4 Å². The standard InChI is InChI=1S/C29H52N4O6S.Na/c1-9-22(27(30)35)18-24(23-12-14-26(15-13-23)40(37,38)39)19-29(3,10-2)28(36)31-16-11-17-33(7,8)21-25(34)20-32(4,5)6;/h12-15,22,24-25,34H,9-11,16-21H2,1-8H3,(H2-2,30,31,35,36,37,38,39);/q;+1/p+1. The zero-order valence-electron chi connectivity index (χ0n) is 26.8. The minimum atomic E-state index is -4.58. The van der Waals surface area contributed by atoms with E-state index in [0.717, 1.165) is 18.5 Å². The molecule has 0 aliphatic heterocycles. The molecule has 41 heavy (non-hydrogen) atoms. The second kappa shape index (κ2) is 16.7. The topological polar surface area (TPSA) is 150 Å². The number of aliphatic hydroxyl groups excluding tert-OH is 1. The number of primary amides is 1. The van der Waals surface area contributed by atoms with Gasteiger partial charge < -0.3 is 29.7 Å². The molecule has 4 atom stereocenters. The Hall–Kier alpha value is -1.05. The molecule has 12 heteroatoms. The fourth-order valence-electron chi connectivity index (χ4n) is 5.29. The molecule has 0 aliphatic carbocycles. The SMILES string of the molecule is CCC(CC(CC(C)(CC)C(=O)NCCC[N+](C)(C)CC(O)C[N+](C)(C)C)c1ccc(S(=O)(=O)[O-])cc1)C(N)=O.[Na+]. The number of nitrogens with one attached hydrogen (secondary N) is 1. The first-order valence-corrected chi connectivity index (χ1v) is 15.6. The fourth-order valence-corrected chi connectivity index (χ4v) is 5.76. The summed E-state index contributed by atoms with van der Waals surface area (Å²) in [4.78, 5) is 25.2. The van der Waals surface area contributed by atoms with Gasteiger partial charge in [0.2, 0.25) is 11.8 Å². The normalized spacial score (nSPS) is 16.1. The number of likely N-dealkylation sites (N-methyl/N-ethyl adjacent to an activating group) is 2. The smallest absolute Gasteiger partial charge is 0.744 e. The number of amides is 2. The van der Waals surface area contributed by atoms with Gasteiger partial charge in [-0.25, -0.2) is 8.42 Å². The summed E-state index contributed by atoms with van der Waals surface area (Å²) in [6, 6.07) is 5.72. The van der Waals surface area contributed by atoms with Crippen molar-refractivity contribution in [3.8, 4) is 0 Å². The van der Waals surface area contributed by atoms with Crippen LogP contribution in [0.1, 0.15) is 64.4 Å². The average molecular weight is 609 g/mol. The van der Waals surface area contributed by atoms with Crippen LogP contribution in [0.2, 0.25) is 0 Å². The molecule has 1 rings (SSSR count). The molecule has 0 aliphatic rings. The Labute approximate surface area is 270 Å². The van der Waals surface area contributed by atoms with Gasteiger partial charge in [0.05, 0.1) is 46.7 Å². The Morgan fingerprint density at radius 3 is 2.07 bits per heavy atom. The van der Waals surface area contributed by atoms with Gasteiger partial charge in [-0.2, -0.15) is 0 Å². The second-order valence-electron chi connectivity index (χ2n) is 13.2. The van der Waals surface area contributed by atoms with E-state index >= 15 is 0 Å². The molecule has 10 nitrogen and oxygen atoms in total. The largest absolute Gasteiger partial charge is 1.00 e. The summed E-state index contributed by atoms with van der Waals surface area (Å²) < 4.78 is 35.5. The Morgan fingerprint density at radius 1 is 1.07 bits per heavy atom. The summed E-state index contributed by atoms with van der Waals surface area (Å²) >= 11 is 0. The third-order valence-corrected chi connectivity index (χ3v) is 8.67. The molecule has 0 heterocycles. The van der Waals surface area contributed by atoms with Crippen molar-refractivity contribution in [2.24, 2.45) is 17.1 Å². The third kappa shape index (κ3) is 14.3. The molecule has 4 unspecified atom stereocenters. The maximum Gasteiger partial charge on any atom is 1.00 e. The van der Waals surface area contributed by atoms with E-state index in [2.05, 4.69) is 40.6 Å². The van der Waals surface area contributed by atoms with Gasteiger partial charge in [0.15, 0.2) is 6.10 Å². The van der Waals surface area contributed by atoms with Gasteiger partial charge in [-0.05, 0) is 49.3 Å². The van der Waals surface area contributed by atoms with E-state index in [1.807, 2.05) is 20.8 Å². The van der Waals surface area contributed by atoms with Gasteiger partial charge in [-0.3, -0.25) is 9.59 Å². The molecule has 4 N–H and O–H groups in total. The second-order valence-corrected chi connectivity index (χ2v) is 14.5. The molecule has 230 valence electrons. The van der Waals surface area contributed by atoms with E-state index in [1.165, 1.54) is 12.1 Å². The number of rotatable bonds is 18. The minimum Gasteiger partial charge on any atom is -0.744 e. The van der Waals surface area contributed by atoms with Crippen LogP contribution in [0, 0.1) is 11.3 Å². The maximum atomic E-state index is 13.4. The van der Waals surface area contributed by atoms with Crippen LogP contribution in [0.3, 0.4) is 0 Å². The number of hydrogen-bond acceptors (Lipinski definition) is 6. The van der Waals surface area contributed by atoms with Crippen LogP contribution < -0.4 is 40.6 Å². The molecule has 0 aromatic heterocycles. The van der Waals surface area contributed by atoms with E-state index in [0.29, 0.717) is 54.3 Å². The number of quaternary nitrogens is 2. The van der Waals surface area contributed by atoms with Crippen molar-refractivity contribution >= 4 is 21.9 Å². The van der Waals surface area contributed by atoms with E-state index in [-0.39, 0.29) is 46.3 Å². The van der Waals surface area contributed by atoms with E-state index in [9.17, 15) is 27.7 Å². The Balaban J connectivity index is 0.0000160. The molecule has 1 aromatic rings. The van der Waals surface area contributed by atoms with Gasteiger partial charge >= 0.3 is 29.6 Å². The first kappa shape index (κ1) is 40.0. The number of carbonyl (C=O) groups is 2. The molecule has 1 aromatic carbocycles. The average Bonchev–Trinajstić information content (AvgIpc) is 2.81. The monoisotopic (exact) mass is 608 g/mol. The molecule has 0 radical (unpaired) electrons. The molecule has 0 fully saturated rings. The van der Waals surface area contributed by atoms with Crippen molar-refractivity contribution in [1.82, 2.24) is 5.32 Å². The van der Waals surface area contributed by atoms with Crippen LogP contribution in [0.4, 0.5) is 0 Å². The molecule has 0 bridgehead atoms. The Kier molecular flexibility index (Phi) is 16.3. The minimum absolute atomic E-state index is 0. The van der Waals surface area contributed by atoms with Crippen molar-refractivity contribution in [1.29, 1.82) is 0 Å². The van der Waals surface area contributed by atoms with E-state index in [1.54, 1.807) is 12.1 Å². The van der Waals surface area contributed by atoms with Gasteiger partial charge in [0.1, 0.15) is 23.2 Å². The fraction of sp³-hybridized carbons (Fsp3) is 0.724. The molecule has 0 saturated carbocycles. The van der Waals surface area contributed by atoms with Gasteiger partial charge in [-0.15, -0.1) is 0 Å². The summed E-state index contributed by atoms with van der Waals surface area (Å²) in [6.07, 6.45) is 2.30. The van der Waals surface area contributed by atoms with Crippen molar-refractivity contribution < 1.29 is 66.2 Å².